The Hall–Kier alpha value is -3.46. The van der Waals surface area contributed by atoms with E-state index in [1.807, 2.05) is 30.3 Å². The fourth-order valence-electron chi connectivity index (χ4n) is 4.28. The van der Waals surface area contributed by atoms with Crippen LogP contribution in [0.4, 0.5) is 15.9 Å². The molecule has 0 aliphatic carbocycles. The summed E-state index contributed by atoms with van der Waals surface area (Å²) in [6, 6.07) is 25.4. The molecule has 0 bridgehead atoms. The first kappa shape index (κ1) is 26.2. The molecular weight excluding hydrogens is 521 g/mol. The molecule has 1 aliphatic heterocycles. The van der Waals surface area contributed by atoms with Gasteiger partial charge in [0.2, 0.25) is 0 Å². The molecule has 38 heavy (non-hydrogen) atoms. The van der Waals surface area contributed by atoms with Crippen molar-refractivity contribution in [2.24, 2.45) is 0 Å². The highest BCUT2D eigenvalue weighted by molar-refractivity contribution is 7.98. The van der Waals surface area contributed by atoms with E-state index in [0.717, 1.165) is 44.1 Å². The molecule has 6 nitrogen and oxygen atoms in total. The lowest BCUT2D eigenvalue weighted by molar-refractivity contribution is 0.102. The van der Waals surface area contributed by atoms with E-state index < -0.39 is 0 Å². The Morgan fingerprint density at radius 2 is 1.63 bits per heavy atom. The summed E-state index contributed by atoms with van der Waals surface area (Å²) in [5.74, 6) is 0.816. The van der Waals surface area contributed by atoms with Crippen LogP contribution in [0.3, 0.4) is 0 Å². The van der Waals surface area contributed by atoms with E-state index >= 15 is 0 Å². The fraction of sp³-hybridized carbons (Fsp3) is 0.207. The maximum atomic E-state index is 13.1. The molecule has 5 rings (SSSR count). The number of carbonyl (C=O) groups is 1. The van der Waals surface area contributed by atoms with E-state index in [9.17, 15) is 9.18 Å². The smallest absolute Gasteiger partial charge is 0.255 e. The van der Waals surface area contributed by atoms with E-state index in [0.29, 0.717) is 27.3 Å². The minimum absolute atomic E-state index is 0.254. The van der Waals surface area contributed by atoms with Crippen LogP contribution in [0, 0.1) is 5.82 Å². The molecule has 0 unspecified atom stereocenters. The van der Waals surface area contributed by atoms with Crippen LogP contribution in [0.25, 0.3) is 0 Å². The highest BCUT2D eigenvalue weighted by atomic mass is 35.5. The van der Waals surface area contributed by atoms with Crippen LogP contribution < -0.4 is 10.2 Å². The fourth-order valence-corrected chi connectivity index (χ4v) is 5.30. The van der Waals surface area contributed by atoms with Crippen molar-refractivity contribution in [3.8, 4) is 0 Å². The highest BCUT2D eigenvalue weighted by Crippen LogP contribution is 2.26. The van der Waals surface area contributed by atoms with Gasteiger partial charge in [0, 0.05) is 55.8 Å². The molecule has 9 heteroatoms. The topological polar surface area (TPSA) is 61.4 Å². The third kappa shape index (κ3) is 7.10. The van der Waals surface area contributed by atoms with Crippen molar-refractivity contribution in [3.05, 3.63) is 113 Å². The molecule has 0 radical (unpaired) electrons. The predicted molar refractivity (Wildman–Crippen MR) is 151 cm³/mol. The number of rotatable bonds is 8. The first-order valence-electron chi connectivity index (χ1n) is 12.4. The molecule has 1 saturated heterocycles. The minimum Gasteiger partial charge on any atom is -0.354 e. The van der Waals surface area contributed by atoms with Crippen LogP contribution in [0.2, 0.25) is 5.15 Å². The first-order valence-corrected chi connectivity index (χ1v) is 13.7. The van der Waals surface area contributed by atoms with Crippen LogP contribution >= 0.6 is 23.4 Å². The molecule has 0 saturated carbocycles. The number of benzene rings is 3. The second-order valence-electron chi connectivity index (χ2n) is 9.03. The largest absolute Gasteiger partial charge is 0.354 e. The van der Waals surface area contributed by atoms with Crippen molar-refractivity contribution >= 4 is 40.8 Å². The number of thioether (sulfide) groups is 1. The molecule has 2 heterocycles. The van der Waals surface area contributed by atoms with Crippen LogP contribution in [0.5, 0.6) is 0 Å². The molecule has 1 amide bonds. The summed E-state index contributed by atoms with van der Waals surface area (Å²) >= 11 is 7.84. The molecular formula is C29H27ClFN5OS. The van der Waals surface area contributed by atoms with Crippen LogP contribution in [-0.4, -0.2) is 47.0 Å². The normalized spacial score (nSPS) is 13.9. The Kier molecular flexibility index (Phi) is 8.53. The molecule has 1 aromatic heterocycles. The molecule has 0 spiro atoms. The SMILES string of the molecule is O=C(Nc1ccc(F)cc1)c1cccc(CSc2nc(Cl)cc(N3CCN(Cc4ccccc4)CC3)n2)c1. The lowest BCUT2D eigenvalue weighted by Crippen LogP contribution is -2.46. The molecule has 4 aromatic rings. The Balaban J connectivity index is 1.18. The Morgan fingerprint density at radius 1 is 0.895 bits per heavy atom. The van der Waals surface area contributed by atoms with Crippen LogP contribution in [0.15, 0.2) is 90.1 Å². The monoisotopic (exact) mass is 547 g/mol. The van der Waals surface area contributed by atoms with Gasteiger partial charge in [0.15, 0.2) is 5.16 Å². The van der Waals surface area contributed by atoms with Crippen molar-refractivity contribution < 1.29 is 9.18 Å². The van der Waals surface area contributed by atoms with Gasteiger partial charge in [-0.15, -0.1) is 0 Å². The number of amides is 1. The molecule has 0 atom stereocenters. The van der Waals surface area contributed by atoms with Crippen molar-refractivity contribution in [3.63, 3.8) is 0 Å². The third-order valence-corrected chi connectivity index (χ3v) is 7.38. The number of hydrogen-bond acceptors (Lipinski definition) is 6. The number of nitrogens with zero attached hydrogens (tertiary/aromatic N) is 4. The van der Waals surface area contributed by atoms with Gasteiger partial charge in [-0.1, -0.05) is 65.8 Å². The van der Waals surface area contributed by atoms with Crippen molar-refractivity contribution in [2.75, 3.05) is 36.4 Å². The highest BCUT2D eigenvalue weighted by Gasteiger charge is 2.19. The number of piperazine rings is 1. The minimum atomic E-state index is -0.348. The summed E-state index contributed by atoms with van der Waals surface area (Å²) in [4.78, 5) is 26.5. The van der Waals surface area contributed by atoms with E-state index in [2.05, 4.69) is 44.4 Å². The molecule has 3 aromatic carbocycles. The average molecular weight is 548 g/mol. The second-order valence-corrected chi connectivity index (χ2v) is 10.4. The number of aromatic nitrogens is 2. The lowest BCUT2D eigenvalue weighted by Gasteiger charge is -2.35. The quantitative estimate of drug-likeness (QED) is 0.162. The number of anilines is 2. The van der Waals surface area contributed by atoms with E-state index in [1.165, 1.54) is 41.6 Å². The summed E-state index contributed by atoms with van der Waals surface area (Å²) in [5, 5.41) is 3.80. The van der Waals surface area contributed by atoms with Gasteiger partial charge in [0.05, 0.1) is 0 Å². The first-order chi connectivity index (χ1) is 18.5. The third-order valence-electron chi connectivity index (χ3n) is 6.27. The van der Waals surface area contributed by atoms with Crippen LogP contribution in [0.1, 0.15) is 21.5 Å². The van der Waals surface area contributed by atoms with Crippen molar-refractivity contribution in [1.29, 1.82) is 0 Å². The predicted octanol–water partition coefficient (Wildman–Crippen LogP) is 6.14. The van der Waals surface area contributed by atoms with Gasteiger partial charge in [0.1, 0.15) is 16.8 Å². The Labute approximate surface area is 230 Å². The summed E-state index contributed by atoms with van der Waals surface area (Å²) in [6.07, 6.45) is 0. The lowest BCUT2D eigenvalue weighted by atomic mass is 10.1. The van der Waals surface area contributed by atoms with Gasteiger partial charge in [-0.2, -0.15) is 0 Å². The molecule has 194 valence electrons. The van der Waals surface area contributed by atoms with Gasteiger partial charge in [-0.3, -0.25) is 9.69 Å². The Bertz CT molecular complexity index is 1380. The van der Waals surface area contributed by atoms with Crippen LogP contribution in [-0.2, 0) is 12.3 Å². The Morgan fingerprint density at radius 3 is 2.39 bits per heavy atom. The zero-order valence-corrected chi connectivity index (χ0v) is 22.3. The second kappa shape index (κ2) is 12.4. The summed E-state index contributed by atoms with van der Waals surface area (Å²) in [6.45, 7) is 4.59. The number of nitrogens with one attached hydrogen (secondary N) is 1. The molecule has 1 N–H and O–H groups in total. The zero-order chi connectivity index (χ0) is 26.3. The van der Waals surface area contributed by atoms with Gasteiger partial charge in [-0.25, -0.2) is 14.4 Å². The zero-order valence-electron chi connectivity index (χ0n) is 20.7. The average Bonchev–Trinajstić information content (AvgIpc) is 2.94. The van der Waals surface area contributed by atoms with E-state index in [1.54, 1.807) is 6.07 Å². The molecule has 1 fully saturated rings. The number of hydrogen-bond donors (Lipinski definition) is 1. The standard InChI is InChI=1S/C29H27ClFN5OS/c30-26-18-27(36-15-13-35(14-16-36)19-21-5-2-1-3-6-21)34-29(33-26)38-20-22-7-4-8-23(17-22)28(37)32-25-11-9-24(31)10-12-25/h1-12,17-18H,13-16,19-20H2,(H,32,37). The molecule has 1 aliphatic rings. The maximum absolute atomic E-state index is 13.1. The van der Waals surface area contributed by atoms with Gasteiger partial charge < -0.3 is 10.2 Å². The number of halogens is 2. The van der Waals surface area contributed by atoms with Crippen molar-refractivity contribution in [2.45, 2.75) is 17.5 Å². The van der Waals surface area contributed by atoms with Crippen molar-refractivity contribution in [1.82, 2.24) is 14.9 Å². The summed E-state index contributed by atoms with van der Waals surface area (Å²) < 4.78 is 13.1. The summed E-state index contributed by atoms with van der Waals surface area (Å²) in [7, 11) is 0. The summed E-state index contributed by atoms with van der Waals surface area (Å²) in [5.41, 5.74) is 3.34. The van der Waals surface area contributed by atoms with Gasteiger partial charge >= 0.3 is 0 Å². The van der Waals surface area contributed by atoms with E-state index in [4.69, 9.17) is 16.6 Å². The van der Waals surface area contributed by atoms with Gasteiger partial charge in [0.25, 0.3) is 5.91 Å². The maximum Gasteiger partial charge on any atom is 0.255 e. The number of carbonyl (C=O) groups excluding carboxylic acids is 1. The van der Waals surface area contributed by atoms with E-state index in [-0.39, 0.29) is 11.7 Å². The van der Waals surface area contributed by atoms with Gasteiger partial charge in [-0.05, 0) is 47.5 Å².